The third-order valence-corrected chi connectivity index (χ3v) is 2.62. The van der Waals surface area contributed by atoms with E-state index in [1.807, 2.05) is 0 Å². The quantitative estimate of drug-likeness (QED) is 0.940. The van der Waals surface area contributed by atoms with Crippen molar-refractivity contribution in [2.45, 2.75) is 0 Å². The number of benzene rings is 1. The first-order valence-corrected chi connectivity index (χ1v) is 5.74. The highest BCUT2D eigenvalue weighted by atomic mass is 35.5. The van der Waals surface area contributed by atoms with Crippen LogP contribution in [-0.2, 0) is 0 Å². The summed E-state index contributed by atoms with van der Waals surface area (Å²) in [5, 5.41) is 2.76. The summed E-state index contributed by atoms with van der Waals surface area (Å²) in [4.78, 5) is 15.8. The fraction of sp³-hybridized carbons (Fsp3) is 0.0769. The number of methoxy groups -OCH3 is 1. The maximum atomic E-state index is 13.5. The number of pyridine rings is 1. The van der Waals surface area contributed by atoms with Gasteiger partial charge in [-0.2, -0.15) is 0 Å². The Kier molecular flexibility index (Phi) is 3.97. The van der Waals surface area contributed by atoms with Crippen LogP contribution in [0.1, 0.15) is 10.4 Å². The summed E-state index contributed by atoms with van der Waals surface area (Å²) in [6.07, 6.45) is 1.34. The molecule has 1 N–H and O–H groups in total. The fourth-order valence-corrected chi connectivity index (χ4v) is 1.60. The van der Waals surface area contributed by atoms with E-state index in [-0.39, 0.29) is 5.69 Å². The van der Waals surface area contributed by atoms with Crippen LogP contribution in [0.5, 0.6) is 5.88 Å². The van der Waals surface area contributed by atoms with E-state index in [9.17, 15) is 9.18 Å². The van der Waals surface area contributed by atoms with Gasteiger partial charge in [0.1, 0.15) is 5.82 Å². The molecule has 2 rings (SSSR count). The zero-order valence-electron chi connectivity index (χ0n) is 9.98. The van der Waals surface area contributed by atoms with Gasteiger partial charge in [0.25, 0.3) is 5.91 Å². The van der Waals surface area contributed by atoms with E-state index in [1.165, 1.54) is 37.6 Å². The number of hydrogen-bond acceptors (Lipinski definition) is 3. The Morgan fingerprint density at radius 3 is 2.79 bits per heavy atom. The van der Waals surface area contributed by atoms with Crippen molar-refractivity contribution in [2.24, 2.45) is 0 Å². The maximum Gasteiger partial charge on any atom is 0.257 e. The SMILES string of the molecule is COc1ccc(C(=O)Nc2cc(Cl)ccc2F)cn1. The molecule has 0 aliphatic carbocycles. The normalized spacial score (nSPS) is 10.1. The van der Waals surface area contributed by atoms with Gasteiger partial charge in [-0.05, 0) is 24.3 Å². The van der Waals surface area contributed by atoms with Gasteiger partial charge in [-0.3, -0.25) is 4.79 Å². The zero-order valence-corrected chi connectivity index (χ0v) is 10.7. The maximum absolute atomic E-state index is 13.5. The summed E-state index contributed by atoms with van der Waals surface area (Å²) in [5.74, 6) is -0.638. The second kappa shape index (κ2) is 5.67. The molecule has 98 valence electrons. The first-order valence-electron chi connectivity index (χ1n) is 5.36. The van der Waals surface area contributed by atoms with Gasteiger partial charge in [0.2, 0.25) is 5.88 Å². The molecular weight excluding hydrogens is 271 g/mol. The molecule has 0 fully saturated rings. The topological polar surface area (TPSA) is 51.2 Å². The predicted molar refractivity (Wildman–Crippen MR) is 70.2 cm³/mol. The highest BCUT2D eigenvalue weighted by molar-refractivity contribution is 6.31. The van der Waals surface area contributed by atoms with Crippen molar-refractivity contribution in [3.05, 3.63) is 52.9 Å². The van der Waals surface area contributed by atoms with E-state index >= 15 is 0 Å². The Hall–Kier alpha value is -2.14. The highest BCUT2D eigenvalue weighted by Crippen LogP contribution is 2.20. The van der Waals surface area contributed by atoms with Gasteiger partial charge in [-0.15, -0.1) is 0 Å². The number of aromatic nitrogens is 1. The number of amides is 1. The van der Waals surface area contributed by atoms with Crippen LogP contribution in [0.4, 0.5) is 10.1 Å². The Labute approximate surface area is 114 Å². The molecule has 2 aromatic rings. The van der Waals surface area contributed by atoms with Crippen LogP contribution in [0, 0.1) is 5.82 Å². The molecule has 0 saturated carbocycles. The monoisotopic (exact) mass is 280 g/mol. The van der Waals surface area contributed by atoms with Crippen LogP contribution >= 0.6 is 11.6 Å². The molecule has 19 heavy (non-hydrogen) atoms. The summed E-state index contributed by atoms with van der Waals surface area (Å²) in [6, 6.07) is 7.00. The Morgan fingerprint density at radius 2 is 2.16 bits per heavy atom. The lowest BCUT2D eigenvalue weighted by molar-refractivity contribution is 0.102. The summed E-state index contributed by atoms with van der Waals surface area (Å²) in [6.45, 7) is 0. The van der Waals surface area contributed by atoms with Crippen LogP contribution < -0.4 is 10.1 Å². The van der Waals surface area contributed by atoms with Gasteiger partial charge in [-0.25, -0.2) is 9.37 Å². The molecule has 1 aromatic carbocycles. The molecule has 0 atom stereocenters. The number of anilines is 1. The average Bonchev–Trinajstić information content (AvgIpc) is 2.43. The Balaban J connectivity index is 2.18. The number of carbonyl (C=O) groups excluding carboxylic acids is 1. The van der Waals surface area contributed by atoms with Crippen molar-refractivity contribution >= 4 is 23.2 Å². The molecule has 4 nitrogen and oxygen atoms in total. The summed E-state index contributed by atoms with van der Waals surface area (Å²) < 4.78 is 18.3. The van der Waals surface area contributed by atoms with Crippen molar-refractivity contribution in [2.75, 3.05) is 12.4 Å². The van der Waals surface area contributed by atoms with E-state index in [1.54, 1.807) is 6.07 Å². The van der Waals surface area contributed by atoms with Crippen LogP contribution in [0.15, 0.2) is 36.5 Å². The van der Waals surface area contributed by atoms with E-state index < -0.39 is 11.7 Å². The van der Waals surface area contributed by atoms with E-state index in [0.717, 1.165) is 0 Å². The van der Waals surface area contributed by atoms with Gasteiger partial charge < -0.3 is 10.1 Å². The van der Waals surface area contributed by atoms with Crippen molar-refractivity contribution in [3.63, 3.8) is 0 Å². The molecule has 0 unspecified atom stereocenters. The largest absolute Gasteiger partial charge is 0.481 e. The molecule has 1 aromatic heterocycles. The lowest BCUT2D eigenvalue weighted by Crippen LogP contribution is -2.13. The minimum Gasteiger partial charge on any atom is -0.481 e. The number of nitrogens with zero attached hydrogens (tertiary/aromatic N) is 1. The first kappa shape index (κ1) is 13.3. The Morgan fingerprint density at radius 1 is 1.37 bits per heavy atom. The zero-order chi connectivity index (χ0) is 13.8. The van der Waals surface area contributed by atoms with Crippen LogP contribution in [0.25, 0.3) is 0 Å². The number of ether oxygens (including phenoxy) is 1. The van der Waals surface area contributed by atoms with Crippen LogP contribution in [-0.4, -0.2) is 18.0 Å². The third-order valence-electron chi connectivity index (χ3n) is 2.38. The molecule has 6 heteroatoms. The lowest BCUT2D eigenvalue weighted by atomic mass is 10.2. The highest BCUT2D eigenvalue weighted by Gasteiger charge is 2.10. The van der Waals surface area contributed by atoms with Crippen molar-refractivity contribution in [1.29, 1.82) is 0 Å². The van der Waals surface area contributed by atoms with E-state index in [2.05, 4.69) is 10.3 Å². The number of nitrogens with one attached hydrogen (secondary N) is 1. The van der Waals surface area contributed by atoms with Crippen molar-refractivity contribution in [3.8, 4) is 5.88 Å². The van der Waals surface area contributed by atoms with Crippen LogP contribution in [0.3, 0.4) is 0 Å². The van der Waals surface area contributed by atoms with Crippen LogP contribution in [0.2, 0.25) is 5.02 Å². The molecular formula is C13H10ClFN2O2. The summed E-state index contributed by atoms with van der Waals surface area (Å²) in [5.41, 5.74) is 0.313. The van der Waals surface area contributed by atoms with Gasteiger partial charge in [0, 0.05) is 17.3 Å². The standard InChI is InChI=1S/C13H10ClFN2O2/c1-19-12-5-2-8(7-16-12)13(18)17-11-6-9(14)3-4-10(11)15/h2-7H,1H3,(H,17,18). The van der Waals surface area contributed by atoms with Gasteiger partial charge in [0.15, 0.2) is 0 Å². The van der Waals surface area contributed by atoms with Gasteiger partial charge in [-0.1, -0.05) is 11.6 Å². The minimum absolute atomic E-state index is 0.0216. The number of hydrogen-bond donors (Lipinski definition) is 1. The van der Waals surface area contributed by atoms with Gasteiger partial charge >= 0.3 is 0 Å². The van der Waals surface area contributed by atoms with E-state index in [4.69, 9.17) is 16.3 Å². The third kappa shape index (κ3) is 3.20. The molecule has 0 spiro atoms. The smallest absolute Gasteiger partial charge is 0.257 e. The first-order chi connectivity index (χ1) is 9.10. The number of carbonyl (C=O) groups is 1. The molecule has 0 radical (unpaired) electrons. The van der Waals surface area contributed by atoms with Crippen molar-refractivity contribution < 1.29 is 13.9 Å². The average molecular weight is 281 g/mol. The lowest BCUT2D eigenvalue weighted by Gasteiger charge is -2.07. The van der Waals surface area contributed by atoms with Gasteiger partial charge in [0.05, 0.1) is 18.4 Å². The molecule has 1 amide bonds. The molecule has 0 saturated heterocycles. The predicted octanol–water partition coefficient (Wildman–Crippen LogP) is 3.14. The molecule has 0 aliphatic rings. The van der Waals surface area contributed by atoms with E-state index in [0.29, 0.717) is 16.5 Å². The fourth-order valence-electron chi connectivity index (χ4n) is 1.42. The molecule has 0 aliphatic heterocycles. The summed E-state index contributed by atoms with van der Waals surface area (Å²) in [7, 11) is 1.48. The molecule has 0 bridgehead atoms. The molecule has 1 heterocycles. The number of rotatable bonds is 3. The second-order valence-electron chi connectivity index (χ2n) is 3.67. The summed E-state index contributed by atoms with van der Waals surface area (Å²) >= 11 is 5.74. The number of halogens is 2. The second-order valence-corrected chi connectivity index (χ2v) is 4.10. The van der Waals surface area contributed by atoms with Crippen molar-refractivity contribution in [1.82, 2.24) is 4.98 Å². The Bertz CT molecular complexity index is 602. The minimum atomic E-state index is -0.556.